The molecule has 0 atom stereocenters. The summed E-state index contributed by atoms with van der Waals surface area (Å²) in [5.74, 6) is -1.17. The lowest BCUT2D eigenvalue weighted by Gasteiger charge is -2.09. The van der Waals surface area contributed by atoms with Crippen molar-refractivity contribution in [3.05, 3.63) is 48.0 Å². The van der Waals surface area contributed by atoms with Crippen molar-refractivity contribution in [3.8, 4) is 16.9 Å². The van der Waals surface area contributed by atoms with Gasteiger partial charge >= 0.3 is 6.36 Å². The molecule has 7 heteroatoms. The van der Waals surface area contributed by atoms with Crippen molar-refractivity contribution < 1.29 is 27.1 Å². The molecule has 0 amide bonds. The zero-order chi connectivity index (χ0) is 14.8. The number of rotatable bonds is 3. The second-order valence-corrected chi connectivity index (χ2v) is 3.78. The van der Waals surface area contributed by atoms with Crippen molar-refractivity contribution in [1.29, 1.82) is 0 Å². The molecule has 1 aromatic carbocycles. The fraction of sp³-hybridized carbons (Fsp3) is 0.0769. The first-order valence-corrected chi connectivity index (χ1v) is 5.36. The molecular weight excluding hydrogens is 278 g/mol. The highest BCUT2D eigenvalue weighted by atomic mass is 19.4. The third-order valence-electron chi connectivity index (χ3n) is 2.40. The Balaban J connectivity index is 2.26. The molecule has 0 fully saturated rings. The number of ether oxygens (including phenoxy) is 1. The summed E-state index contributed by atoms with van der Waals surface area (Å²) in [5, 5.41) is 0. The minimum absolute atomic E-state index is 0.277. The van der Waals surface area contributed by atoms with Crippen LogP contribution in [0.25, 0.3) is 11.1 Å². The summed E-state index contributed by atoms with van der Waals surface area (Å²) >= 11 is 0. The fourth-order valence-electron chi connectivity index (χ4n) is 1.54. The number of pyridine rings is 1. The topological polar surface area (TPSA) is 39.2 Å². The summed E-state index contributed by atoms with van der Waals surface area (Å²) in [7, 11) is 0. The van der Waals surface area contributed by atoms with Gasteiger partial charge in [-0.2, -0.15) is 0 Å². The van der Waals surface area contributed by atoms with Crippen LogP contribution in [0.3, 0.4) is 0 Å². The summed E-state index contributed by atoms with van der Waals surface area (Å²) in [4.78, 5) is 14.0. The quantitative estimate of drug-likeness (QED) is 0.639. The number of benzene rings is 1. The average molecular weight is 285 g/mol. The van der Waals surface area contributed by atoms with Crippen LogP contribution in [0.4, 0.5) is 17.6 Å². The van der Waals surface area contributed by atoms with Crippen LogP contribution in [0, 0.1) is 5.82 Å². The van der Waals surface area contributed by atoms with E-state index < -0.39 is 12.2 Å². The number of carbonyl (C=O) groups excluding carboxylic acids is 1. The molecule has 0 N–H and O–H groups in total. The van der Waals surface area contributed by atoms with Crippen LogP contribution in [-0.2, 0) is 0 Å². The molecule has 0 aliphatic carbocycles. The van der Waals surface area contributed by atoms with Crippen LogP contribution >= 0.6 is 0 Å². The van der Waals surface area contributed by atoms with E-state index >= 15 is 0 Å². The summed E-state index contributed by atoms with van der Waals surface area (Å²) in [6.45, 7) is 0. The highest BCUT2D eigenvalue weighted by Crippen LogP contribution is 2.26. The molecule has 0 bridgehead atoms. The number of carbonyl (C=O) groups is 1. The Hall–Kier alpha value is -2.44. The van der Waals surface area contributed by atoms with Crippen molar-refractivity contribution in [2.24, 2.45) is 0 Å². The summed E-state index contributed by atoms with van der Waals surface area (Å²) < 4.78 is 53.0. The maximum absolute atomic E-state index is 13.4. The van der Waals surface area contributed by atoms with E-state index in [-0.39, 0.29) is 17.7 Å². The number of hydrogen-bond donors (Lipinski definition) is 0. The summed E-state index contributed by atoms with van der Waals surface area (Å²) in [6.07, 6.45) is -3.23. The monoisotopic (exact) mass is 285 g/mol. The molecule has 0 saturated carbocycles. The lowest BCUT2D eigenvalue weighted by atomic mass is 10.1. The molecule has 0 saturated heterocycles. The molecule has 0 aliphatic heterocycles. The van der Waals surface area contributed by atoms with Crippen LogP contribution in [0.5, 0.6) is 5.75 Å². The molecule has 0 unspecified atom stereocenters. The van der Waals surface area contributed by atoms with Crippen molar-refractivity contribution in [2.45, 2.75) is 6.36 Å². The lowest BCUT2D eigenvalue weighted by Crippen LogP contribution is -2.16. The van der Waals surface area contributed by atoms with Gasteiger partial charge in [-0.3, -0.25) is 4.79 Å². The van der Waals surface area contributed by atoms with Crippen LogP contribution in [0.2, 0.25) is 0 Å². The first-order chi connectivity index (χ1) is 9.39. The second kappa shape index (κ2) is 5.28. The molecule has 0 radical (unpaired) electrons. The third kappa shape index (κ3) is 3.31. The molecule has 1 aromatic heterocycles. The Morgan fingerprint density at radius 2 is 1.75 bits per heavy atom. The molecule has 2 rings (SSSR count). The Labute approximate surface area is 110 Å². The highest BCUT2D eigenvalue weighted by Gasteiger charge is 2.30. The molecule has 0 spiro atoms. The van der Waals surface area contributed by atoms with E-state index in [4.69, 9.17) is 0 Å². The summed E-state index contributed by atoms with van der Waals surface area (Å²) in [5.41, 5.74) is 0.459. The number of aromatic nitrogens is 1. The molecule has 104 valence electrons. The highest BCUT2D eigenvalue weighted by molar-refractivity contribution is 5.74. The Morgan fingerprint density at radius 3 is 2.25 bits per heavy atom. The molecular formula is C13H7F4NO2. The minimum atomic E-state index is -4.76. The summed E-state index contributed by atoms with van der Waals surface area (Å²) in [6, 6.07) is 5.95. The van der Waals surface area contributed by atoms with E-state index in [1.807, 2.05) is 0 Å². The predicted molar refractivity (Wildman–Crippen MR) is 61.7 cm³/mol. The minimum Gasteiger partial charge on any atom is -0.406 e. The van der Waals surface area contributed by atoms with Crippen molar-refractivity contribution in [2.75, 3.05) is 0 Å². The van der Waals surface area contributed by atoms with Gasteiger partial charge in [0.1, 0.15) is 11.4 Å². The first-order valence-electron chi connectivity index (χ1n) is 5.36. The molecule has 3 nitrogen and oxygen atoms in total. The van der Waals surface area contributed by atoms with Gasteiger partial charge in [0.2, 0.25) is 0 Å². The largest absolute Gasteiger partial charge is 0.573 e. The Morgan fingerprint density at radius 1 is 1.10 bits per heavy atom. The van der Waals surface area contributed by atoms with Crippen molar-refractivity contribution in [3.63, 3.8) is 0 Å². The van der Waals surface area contributed by atoms with E-state index in [0.717, 1.165) is 18.2 Å². The van der Waals surface area contributed by atoms with Crippen LogP contribution in [-0.4, -0.2) is 17.6 Å². The van der Waals surface area contributed by atoms with Crippen LogP contribution in [0.15, 0.2) is 36.5 Å². The van der Waals surface area contributed by atoms with Gasteiger partial charge in [-0.15, -0.1) is 13.2 Å². The maximum Gasteiger partial charge on any atom is 0.573 e. The van der Waals surface area contributed by atoms with Crippen molar-refractivity contribution in [1.82, 2.24) is 4.98 Å². The normalized spacial score (nSPS) is 11.2. The Kier molecular flexibility index (Phi) is 3.69. The predicted octanol–water partition coefficient (Wildman–Crippen LogP) is 3.60. The lowest BCUT2D eigenvalue weighted by molar-refractivity contribution is -0.274. The van der Waals surface area contributed by atoms with E-state index in [0.29, 0.717) is 11.1 Å². The maximum atomic E-state index is 13.4. The average Bonchev–Trinajstić information content (AvgIpc) is 2.37. The van der Waals surface area contributed by atoms with Gasteiger partial charge in [-0.1, -0.05) is 12.1 Å². The molecule has 2 aromatic rings. The van der Waals surface area contributed by atoms with Crippen molar-refractivity contribution >= 4 is 6.29 Å². The number of aldehydes is 1. The number of alkyl halides is 3. The number of hydrogen-bond acceptors (Lipinski definition) is 3. The first kappa shape index (κ1) is 14.0. The zero-order valence-corrected chi connectivity index (χ0v) is 9.82. The Bertz CT molecular complexity index is 623. The molecule has 1 heterocycles. The van der Waals surface area contributed by atoms with E-state index in [2.05, 4.69) is 9.72 Å². The molecule has 20 heavy (non-hydrogen) atoms. The molecule has 0 aliphatic rings. The van der Waals surface area contributed by atoms with Gasteiger partial charge in [-0.05, 0) is 23.8 Å². The van der Waals surface area contributed by atoms with E-state index in [1.165, 1.54) is 18.3 Å². The van der Waals surface area contributed by atoms with Crippen LogP contribution in [0.1, 0.15) is 10.5 Å². The van der Waals surface area contributed by atoms with Gasteiger partial charge in [0.05, 0.1) is 0 Å². The smallest absolute Gasteiger partial charge is 0.406 e. The number of nitrogens with zero attached hydrogens (tertiary/aromatic N) is 1. The van der Waals surface area contributed by atoms with Gasteiger partial charge in [0, 0.05) is 11.8 Å². The van der Waals surface area contributed by atoms with E-state index in [9.17, 15) is 22.4 Å². The van der Waals surface area contributed by atoms with Crippen LogP contribution < -0.4 is 4.74 Å². The van der Waals surface area contributed by atoms with E-state index in [1.54, 1.807) is 0 Å². The SMILES string of the molecule is O=Cc1ncc(-c2ccc(OC(F)(F)F)cc2)cc1F. The zero-order valence-electron chi connectivity index (χ0n) is 9.82. The third-order valence-corrected chi connectivity index (χ3v) is 2.40. The van der Waals surface area contributed by atoms with Gasteiger partial charge in [0.15, 0.2) is 12.1 Å². The standard InChI is InChI=1S/C13H7F4NO2/c14-11-5-9(6-18-12(11)7-19)8-1-3-10(4-2-8)20-13(15,16)17/h1-7H. The number of halogens is 4. The second-order valence-electron chi connectivity index (χ2n) is 3.78. The van der Waals surface area contributed by atoms with Gasteiger partial charge < -0.3 is 4.74 Å². The fourth-order valence-corrected chi connectivity index (χ4v) is 1.54. The van der Waals surface area contributed by atoms with Gasteiger partial charge in [0.25, 0.3) is 0 Å². The van der Waals surface area contributed by atoms with Gasteiger partial charge in [-0.25, -0.2) is 9.37 Å².